The van der Waals surface area contributed by atoms with E-state index in [4.69, 9.17) is 4.99 Å². The normalized spacial score (nSPS) is 18.0. The number of aliphatic imine (C=N–C) groups is 1. The van der Waals surface area contributed by atoms with Crippen molar-refractivity contribution in [2.75, 3.05) is 11.9 Å². The van der Waals surface area contributed by atoms with Crippen LogP contribution in [0.1, 0.15) is 18.1 Å². The fourth-order valence-electron chi connectivity index (χ4n) is 2.31. The fourth-order valence-corrected chi connectivity index (χ4v) is 2.67. The number of anilines is 1. The van der Waals surface area contributed by atoms with Gasteiger partial charge in [0.05, 0.1) is 12.3 Å². The molecule has 19 heavy (non-hydrogen) atoms. The molecule has 1 aliphatic rings. The van der Waals surface area contributed by atoms with Crippen molar-refractivity contribution in [3.05, 3.63) is 64.1 Å². The molecule has 0 amide bonds. The van der Waals surface area contributed by atoms with E-state index in [9.17, 15) is 0 Å². The number of fused-ring (bicyclic) bond motifs is 1. The molecule has 2 aromatic rings. The second kappa shape index (κ2) is 5.17. The van der Waals surface area contributed by atoms with Gasteiger partial charge in [-0.2, -0.15) is 0 Å². The van der Waals surface area contributed by atoms with Crippen LogP contribution >= 0.6 is 15.9 Å². The van der Waals surface area contributed by atoms with E-state index in [1.165, 1.54) is 0 Å². The smallest absolute Gasteiger partial charge is 0.0740 e. The molecule has 1 atom stereocenters. The first-order chi connectivity index (χ1) is 9.24. The summed E-state index contributed by atoms with van der Waals surface area (Å²) in [4.78, 5) is 4.79. The maximum absolute atomic E-state index is 4.79. The minimum Gasteiger partial charge on any atom is -0.380 e. The van der Waals surface area contributed by atoms with E-state index in [1.54, 1.807) is 0 Å². The second-order valence-corrected chi connectivity index (χ2v) is 5.71. The van der Waals surface area contributed by atoms with E-state index >= 15 is 0 Å². The number of nitrogens with one attached hydrogen (secondary N) is 1. The molecule has 1 N–H and O–H groups in total. The summed E-state index contributed by atoms with van der Waals surface area (Å²) < 4.78 is 1.08. The number of nitrogens with zero attached hydrogens (tertiary/aromatic N) is 1. The Morgan fingerprint density at radius 1 is 1.16 bits per heavy atom. The Morgan fingerprint density at radius 3 is 2.74 bits per heavy atom. The number of hydrogen-bond donors (Lipinski definition) is 1. The number of benzene rings is 2. The van der Waals surface area contributed by atoms with Gasteiger partial charge < -0.3 is 5.32 Å². The summed E-state index contributed by atoms with van der Waals surface area (Å²) >= 11 is 3.55. The third-order valence-corrected chi connectivity index (χ3v) is 3.70. The molecule has 1 aliphatic heterocycles. The average molecular weight is 315 g/mol. The molecule has 1 heterocycles. The van der Waals surface area contributed by atoms with E-state index in [-0.39, 0.29) is 0 Å². The van der Waals surface area contributed by atoms with Gasteiger partial charge in [0.2, 0.25) is 0 Å². The van der Waals surface area contributed by atoms with Gasteiger partial charge in [-0.3, -0.25) is 4.99 Å². The molecule has 0 spiro atoms. The lowest BCUT2D eigenvalue weighted by atomic mass is 10.0. The van der Waals surface area contributed by atoms with Gasteiger partial charge in [-0.05, 0) is 25.1 Å². The molecular weight excluding hydrogens is 300 g/mol. The summed E-state index contributed by atoms with van der Waals surface area (Å²) in [5.74, 6) is 0. The average Bonchev–Trinajstić information content (AvgIpc) is 2.58. The summed E-state index contributed by atoms with van der Waals surface area (Å²) in [5.41, 5.74) is 4.53. The van der Waals surface area contributed by atoms with Crippen LogP contribution in [-0.2, 0) is 0 Å². The van der Waals surface area contributed by atoms with Gasteiger partial charge in [-0.1, -0.05) is 46.3 Å². The van der Waals surface area contributed by atoms with Gasteiger partial charge in [-0.25, -0.2) is 0 Å². The molecule has 0 bridgehead atoms. The third kappa shape index (κ3) is 2.56. The molecule has 3 heteroatoms. The van der Waals surface area contributed by atoms with Crippen LogP contribution in [0.3, 0.4) is 0 Å². The SMILES string of the molecule is CC1CN=C(c2ccccc2)c2cc(Br)ccc2N1. The van der Waals surface area contributed by atoms with Crippen LogP contribution in [-0.4, -0.2) is 18.3 Å². The lowest BCUT2D eigenvalue weighted by Crippen LogP contribution is -2.17. The van der Waals surface area contributed by atoms with Gasteiger partial charge in [0.1, 0.15) is 0 Å². The van der Waals surface area contributed by atoms with Crippen molar-refractivity contribution in [3.63, 3.8) is 0 Å². The predicted octanol–water partition coefficient (Wildman–Crippen LogP) is 4.10. The maximum Gasteiger partial charge on any atom is 0.0740 e. The van der Waals surface area contributed by atoms with Crippen molar-refractivity contribution in [2.45, 2.75) is 13.0 Å². The highest BCUT2D eigenvalue weighted by atomic mass is 79.9. The van der Waals surface area contributed by atoms with Crippen molar-refractivity contribution in [2.24, 2.45) is 4.99 Å². The van der Waals surface area contributed by atoms with E-state index in [2.05, 4.69) is 70.6 Å². The van der Waals surface area contributed by atoms with Gasteiger partial charge >= 0.3 is 0 Å². The minimum atomic E-state index is 0.348. The maximum atomic E-state index is 4.79. The molecule has 0 aromatic heterocycles. The zero-order valence-electron chi connectivity index (χ0n) is 10.7. The minimum absolute atomic E-state index is 0.348. The summed E-state index contributed by atoms with van der Waals surface area (Å²) in [6, 6.07) is 17.0. The van der Waals surface area contributed by atoms with Crippen LogP contribution in [0.25, 0.3) is 0 Å². The molecular formula is C16H15BrN2. The molecule has 96 valence electrons. The lowest BCUT2D eigenvalue weighted by Gasteiger charge is -2.13. The zero-order chi connectivity index (χ0) is 13.2. The number of rotatable bonds is 1. The third-order valence-electron chi connectivity index (χ3n) is 3.21. The van der Waals surface area contributed by atoms with Crippen molar-refractivity contribution in [1.29, 1.82) is 0 Å². The van der Waals surface area contributed by atoms with Crippen LogP contribution < -0.4 is 5.32 Å². The van der Waals surface area contributed by atoms with Crippen LogP contribution in [0.5, 0.6) is 0 Å². The summed E-state index contributed by atoms with van der Waals surface area (Å²) in [5, 5.41) is 3.51. The first kappa shape index (κ1) is 12.4. The second-order valence-electron chi connectivity index (χ2n) is 4.79. The summed E-state index contributed by atoms with van der Waals surface area (Å²) in [6.45, 7) is 2.94. The number of hydrogen-bond acceptors (Lipinski definition) is 2. The molecule has 0 radical (unpaired) electrons. The molecule has 0 saturated heterocycles. The van der Waals surface area contributed by atoms with Crippen molar-refractivity contribution in [1.82, 2.24) is 0 Å². The zero-order valence-corrected chi connectivity index (χ0v) is 12.3. The standard InChI is InChI=1S/C16H15BrN2/c1-11-10-18-16(12-5-3-2-4-6-12)14-9-13(17)7-8-15(14)19-11/h2-9,11,19H,10H2,1H3. The number of halogens is 1. The van der Waals surface area contributed by atoms with Crippen molar-refractivity contribution in [3.8, 4) is 0 Å². The molecule has 2 aromatic carbocycles. The van der Waals surface area contributed by atoms with Gasteiger partial charge in [0, 0.05) is 27.3 Å². The highest BCUT2D eigenvalue weighted by molar-refractivity contribution is 9.10. The van der Waals surface area contributed by atoms with Gasteiger partial charge in [0.25, 0.3) is 0 Å². The Bertz CT molecular complexity index is 620. The van der Waals surface area contributed by atoms with Crippen LogP contribution in [0, 0.1) is 0 Å². The monoisotopic (exact) mass is 314 g/mol. The van der Waals surface area contributed by atoms with Crippen molar-refractivity contribution >= 4 is 27.3 Å². The van der Waals surface area contributed by atoms with Gasteiger partial charge in [-0.15, -0.1) is 0 Å². The van der Waals surface area contributed by atoms with E-state index in [1.807, 2.05) is 6.07 Å². The van der Waals surface area contributed by atoms with Crippen molar-refractivity contribution < 1.29 is 0 Å². The Morgan fingerprint density at radius 2 is 1.95 bits per heavy atom. The van der Waals surface area contributed by atoms with E-state index in [0.717, 1.165) is 33.5 Å². The highest BCUT2D eigenvalue weighted by Gasteiger charge is 2.17. The summed E-state index contributed by atoms with van der Waals surface area (Å²) in [6.07, 6.45) is 0. The Hall–Kier alpha value is -1.61. The predicted molar refractivity (Wildman–Crippen MR) is 84.2 cm³/mol. The highest BCUT2D eigenvalue weighted by Crippen LogP contribution is 2.27. The molecule has 0 aliphatic carbocycles. The number of benzodiazepines with no additional fused rings is 1. The fraction of sp³-hybridized carbons (Fsp3) is 0.188. The van der Waals surface area contributed by atoms with Gasteiger partial charge in [0.15, 0.2) is 0 Å². The molecule has 1 unspecified atom stereocenters. The first-order valence-electron chi connectivity index (χ1n) is 6.40. The Kier molecular flexibility index (Phi) is 3.38. The molecule has 2 nitrogen and oxygen atoms in total. The molecule has 3 rings (SSSR count). The largest absolute Gasteiger partial charge is 0.380 e. The van der Waals surface area contributed by atoms with Crippen LogP contribution in [0.15, 0.2) is 58.0 Å². The topological polar surface area (TPSA) is 24.4 Å². The lowest BCUT2D eigenvalue weighted by molar-refractivity contribution is 0.811. The Balaban J connectivity index is 2.17. The first-order valence-corrected chi connectivity index (χ1v) is 7.19. The van der Waals surface area contributed by atoms with E-state index < -0.39 is 0 Å². The Labute approximate surface area is 121 Å². The quantitative estimate of drug-likeness (QED) is 0.842. The molecule has 0 fully saturated rings. The van der Waals surface area contributed by atoms with Crippen LogP contribution in [0.4, 0.5) is 5.69 Å². The van der Waals surface area contributed by atoms with E-state index in [0.29, 0.717) is 6.04 Å². The summed E-state index contributed by atoms with van der Waals surface area (Å²) in [7, 11) is 0. The molecule has 0 saturated carbocycles. The van der Waals surface area contributed by atoms with Crippen LogP contribution in [0.2, 0.25) is 0 Å².